The van der Waals surface area contributed by atoms with E-state index in [-0.39, 0.29) is 0 Å². The van der Waals surface area contributed by atoms with Crippen LogP contribution in [-0.2, 0) is 0 Å². The molecule has 0 fully saturated rings. The van der Waals surface area contributed by atoms with E-state index >= 15 is 0 Å². The maximum Gasteiger partial charge on any atom is 0.159 e. The molecule has 0 aliphatic heterocycles. The zero-order valence-electron chi connectivity index (χ0n) is 21.9. The van der Waals surface area contributed by atoms with E-state index in [0.29, 0.717) is 0 Å². The van der Waals surface area contributed by atoms with Gasteiger partial charge in [-0.05, 0) is 61.5 Å². The summed E-state index contributed by atoms with van der Waals surface area (Å²) in [5.74, 6) is 0. The summed E-state index contributed by atoms with van der Waals surface area (Å²) >= 11 is 0. The number of para-hydroxylation sites is 4. The van der Waals surface area contributed by atoms with E-state index in [2.05, 4.69) is 143 Å². The first-order valence-electron chi connectivity index (χ1n) is 13.7. The zero-order chi connectivity index (χ0) is 26.4. The van der Waals surface area contributed by atoms with Crippen LogP contribution in [0.4, 0.5) is 0 Å². The first-order chi connectivity index (χ1) is 19.8. The molecular formula is C37H24N2O. The molecule has 3 aromatic heterocycles. The third-order valence-corrected chi connectivity index (χ3v) is 8.37. The van der Waals surface area contributed by atoms with Gasteiger partial charge in [0, 0.05) is 38.0 Å². The Bertz CT molecular complexity index is 2400. The predicted molar refractivity (Wildman–Crippen MR) is 167 cm³/mol. The minimum atomic E-state index is 0.892. The first-order valence-corrected chi connectivity index (χ1v) is 13.7. The molecule has 9 aromatic rings. The van der Waals surface area contributed by atoms with Gasteiger partial charge < -0.3 is 13.6 Å². The van der Waals surface area contributed by atoms with Crippen LogP contribution in [0.25, 0.3) is 76.9 Å². The zero-order valence-corrected chi connectivity index (χ0v) is 21.9. The summed E-state index contributed by atoms with van der Waals surface area (Å²) in [4.78, 5) is 0. The van der Waals surface area contributed by atoms with Gasteiger partial charge in [0.1, 0.15) is 5.58 Å². The summed E-state index contributed by atoms with van der Waals surface area (Å²) < 4.78 is 11.4. The summed E-state index contributed by atoms with van der Waals surface area (Å²) in [6.45, 7) is 2.15. The maximum atomic E-state index is 6.65. The highest BCUT2D eigenvalue weighted by molar-refractivity contribution is 6.14. The van der Waals surface area contributed by atoms with Gasteiger partial charge in [-0.15, -0.1) is 0 Å². The van der Waals surface area contributed by atoms with Crippen molar-refractivity contribution in [3.8, 4) is 11.4 Å². The van der Waals surface area contributed by atoms with Crippen LogP contribution < -0.4 is 0 Å². The number of hydrogen-bond acceptors (Lipinski definition) is 1. The quantitative estimate of drug-likeness (QED) is 0.226. The largest absolute Gasteiger partial charge is 0.454 e. The fourth-order valence-corrected chi connectivity index (χ4v) is 6.63. The van der Waals surface area contributed by atoms with E-state index in [1.165, 1.54) is 49.2 Å². The number of furan rings is 1. The Hall–Kier alpha value is -5.28. The molecule has 0 amide bonds. The Morgan fingerprint density at radius 2 is 1.05 bits per heavy atom. The third-order valence-electron chi connectivity index (χ3n) is 8.37. The van der Waals surface area contributed by atoms with E-state index in [0.717, 1.165) is 33.3 Å². The molecule has 0 spiro atoms. The SMILES string of the molecule is Cc1ccc2c(c1)c1ccccc1n2-c1cccc2c1oc1ccc(-n3c4ccccc4c4ccccc43)cc12. The molecular weight excluding hydrogens is 488 g/mol. The number of hydrogen-bond donors (Lipinski definition) is 0. The second-order valence-corrected chi connectivity index (χ2v) is 10.7. The normalized spacial score (nSPS) is 12.1. The molecule has 0 saturated carbocycles. The molecule has 0 bridgehead atoms. The topological polar surface area (TPSA) is 23.0 Å². The van der Waals surface area contributed by atoms with Crippen molar-refractivity contribution in [1.82, 2.24) is 9.13 Å². The molecule has 0 unspecified atom stereocenters. The number of nitrogens with zero attached hydrogens (tertiary/aromatic N) is 2. The van der Waals surface area contributed by atoms with Gasteiger partial charge in [-0.3, -0.25) is 0 Å². The van der Waals surface area contributed by atoms with Gasteiger partial charge in [-0.25, -0.2) is 0 Å². The Balaban J connectivity index is 1.34. The van der Waals surface area contributed by atoms with Crippen LogP contribution >= 0.6 is 0 Å². The van der Waals surface area contributed by atoms with Gasteiger partial charge in [0.2, 0.25) is 0 Å². The van der Waals surface area contributed by atoms with Crippen LogP contribution in [-0.4, -0.2) is 9.13 Å². The third kappa shape index (κ3) is 2.84. The van der Waals surface area contributed by atoms with Crippen LogP contribution in [0.1, 0.15) is 5.56 Å². The fraction of sp³-hybridized carbons (Fsp3) is 0.0270. The predicted octanol–water partition coefficient (Wildman–Crippen LogP) is 10.1. The molecule has 6 aromatic carbocycles. The van der Waals surface area contributed by atoms with Crippen molar-refractivity contribution in [2.75, 3.05) is 0 Å². The number of rotatable bonds is 2. The summed E-state index contributed by atoms with van der Waals surface area (Å²) in [6.07, 6.45) is 0. The highest BCUT2D eigenvalue weighted by Gasteiger charge is 2.19. The lowest BCUT2D eigenvalue weighted by molar-refractivity contribution is 0.666. The highest BCUT2D eigenvalue weighted by Crippen LogP contribution is 2.39. The lowest BCUT2D eigenvalue weighted by atomic mass is 10.1. The van der Waals surface area contributed by atoms with E-state index in [1.54, 1.807) is 0 Å². The summed E-state index contributed by atoms with van der Waals surface area (Å²) in [5.41, 5.74) is 10.0. The average Bonchev–Trinajstić information content (AvgIpc) is 3.64. The number of aryl methyl sites for hydroxylation is 1. The van der Waals surface area contributed by atoms with Crippen LogP contribution in [0.2, 0.25) is 0 Å². The number of aromatic nitrogens is 2. The van der Waals surface area contributed by atoms with E-state index < -0.39 is 0 Å². The Morgan fingerprint density at radius 3 is 1.77 bits per heavy atom. The van der Waals surface area contributed by atoms with E-state index in [9.17, 15) is 0 Å². The van der Waals surface area contributed by atoms with Gasteiger partial charge in [-0.1, -0.05) is 78.4 Å². The van der Waals surface area contributed by atoms with Crippen molar-refractivity contribution >= 4 is 65.6 Å². The standard InChI is InChI=1S/C37H24N2O/c1-23-17-19-34-29(21-23)27-11-4-7-15-33(27)39(34)35-16-8-12-28-30-22-24(18-20-36(30)40-37(28)35)38-31-13-5-2-9-25(31)26-10-3-6-14-32(26)38/h2-22H,1H3. The molecule has 9 rings (SSSR count). The molecule has 0 radical (unpaired) electrons. The van der Waals surface area contributed by atoms with Crippen LogP contribution in [0.3, 0.4) is 0 Å². The molecule has 0 atom stereocenters. The second kappa shape index (κ2) is 7.87. The Morgan fingerprint density at radius 1 is 0.450 bits per heavy atom. The van der Waals surface area contributed by atoms with Crippen molar-refractivity contribution < 1.29 is 4.42 Å². The van der Waals surface area contributed by atoms with Crippen LogP contribution in [0.5, 0.6) is 0 Å². The van der Waals surface area contributed by atoms with Crippen molar-refractivity contribution in [2.45, 2.75) is 6.92 Å². The molecule has 0 aliphatic carbocycles. The average molecular weight is 513 g/mol. The van der Waals surface area contributed by atoms with Crippen LogP contribution in [0, 0.1) is 6.92 Å². The molecule has 3 heteroatoms. The number of fused-ring (bicyclic) bond motifs is 9. The lowest BCUT2D eigenvalue weighted by Gasteiger charge is -2.09. The first kappa shape index (κ1) is 21.6. The molecule has 3 heterocycles. The van der Waals surface area contributed by atoms with Gasteiger partial charge in [0.25, 0.3) is 0 Å². The van der Waals surface area contributed by atoms with E-state index in [1.807, 2.05) is 0 Å². The Kier molecular flexibility index (Phi) is 4.26. The minimum absolute atomic E-state index is 0.892. The molecule has 0 N–H and O–H groups in total. The monoisotopic (exact) mass is 512 g/mol. The molecule has 188 valence electrons. The van der Waals surface area contributed by atoms with Crippen molar-refractivity contribution in [3.05, 3.63) is 133 Å². The minimum Gasteiger partial charge on any atom is -0.454 e. The second-order valence-electron chi connectivity index (χ2n) is 10.7. The van der Waals surface area contributed by atoms with Gasteiger partial charge in [-0.2, -0.15) is 0 Å². The molecule has 0 aliphatic rings. The fourth-order valence-electron chi connectivity index (χ4n) is 6.63. The molecule has 40 heavy (non-hydrogen) atoms. The van der Waals surface area contributed by atoms with Crippen molar-refractivity contribution in [3.63, 3.8) is 0 Å². The summed E-state index contributed by atoms with van der Waals surface area (Å²) in [6, 6.07) is 45.7. The molecule has 0 saturated heterocycles. The highest BCUT2D eigenvalue weighted by atomic mass is 16.3. The lowest BCUT2D eigenvalue weighted by Crippen LogP contribution is -1.94. The smallest absolute Gasteiger partial charge is 0.159 e. The van der Waals surface area contributed by atoms with Crippen molar-refractivity contribution in [2.24, 2.45) is 0 Å². The van der Waals surface area contributed by atoms with Crippen molar-refractivity contribution in [1.29, 1.82) is 0 Å². The van der Waals surface area contributed by atoms with Gasteiger partial charge in [0.15, 0.2) is 5.58 Å². The number of benzene rings is 6. The Labute approximate surface area is 230 Å². The van der Waals surface area contributed by atoms with Crippen LogP contribution in [0.15, 0.2) is 132 Å². The summed E-state index contributed by atoms with van der Waals surface area (Å²) in [5, 5.41) is 7.28. The molecule has 3 nitrogen and oxygen atoms in total. The van der Waals surface area contributed by atoms with Gasteiger partial charge in [0.05, 0.1) is 27.8 Å². The van der Waals surface area contributed by atoms with Gasteiger partial charge >= 0.3 is 0 Å². The van der Waals surface area contributed by atoms with E-state index in [4.69, 9.17) is 4.42 Å². The maximum absolute atomic E-state index is 6.65. The summed E-state index contributed by atoms with van der Waals surface area (Å²) in [7, 11) is 0.